The zero-order valence-corrected chi connectivity index (χ0v) is 11.6. The van der Waals surface area contributed by atoms with Gasteiger partial charge in [-0.05, 0) is 42.4 Å². The number of methoxy groups -OCH3 is 2. The molecule has 1 aliphatic rings. The standard InChI is InChI=1S/C15H22O3/c1-14(2)8-5-9-15(14,16)11-6-7-12(17-3)13(10-11)18-4/h6-7,10,16H,5,8-9H2,1-4H3. The van der Waals surface area contributed by atoms with Crippen molar-refractivity contribution in [3.05, 3.63) is 23.8 Å². The van der Waals surface area contributed by atoms with Crippen LogP contribution < -0.4 is 9.47 Å². The Morgan fingerprint density at radius 1 is 1.06 bits per heavy atom. The molecule has 0 spiro atoms. The van der Waals surface area contributed by atoms with Crippen LogP contribution in [-0.2, 0) is 5.60 Å². The van der Waals surface area contributed by atoms with Gasteiger partial charge in [0.2, 0.25) is 0 Å². The van der Waals surface area contributed by atoms with Crippen molar-refractivity contribution >= 4 is 0 Å². The summed E-state index contributed by atoms with van der Waals surface area (Å²) in [5, 5.41) is 11.0. The number of hydrogen-bond donors (Lipinski definition) is 1. The summed E-state index contributed by atoms with van der Waals surface area (Å²) in [6.07, 6.45) is 2.89. The second kappa shape index (κ2) is 4.47. The van der Waals surface area contributed by atoms with Crippen LogP contribution in [-0.4, -0.2) is 19.3 Å². The van der Waals surface area contributed by atoms with Gasteiger partial charge in [-0.3, -0.25) is 0 Å². The molecule has 1 fully saturated rings. The molecule has 1 aliphatic carbocycles. The molecule has 0 amide bonds. The molecule has 1 saturated carbocycles. The van der Waals surface area contributed by atoms with E-state index in [0.717, 1.165) is 24.8 Å². The molecule has 3 nitrogen and oxygen atoms in total. The first kappa shape index (κ1) is 13.2. The predicted molar refractivity (Wildman–Crippen MR) is 71.1 cm³/mol. The van der Waals surface area contributed by atoms with Crippen molar-refractivity contribution in [1.82, 2.24) is 0 Å². The van der Waals surface area contributed by atoms with E-state index in [1.165, 1.54) is 0 Å². The molecule has 0 aliphatic heterocycles. The lowest BCUT2D eigenvalue weighted by atomic mass is 9.73. The van der Waals surface area contributed by atoms with E-state index in [2.05, 4.69) is 13.8 Å². The van der Waals surface area contributed by atoms with Crippen LogP contribution in [0, 0.1) is 5.41 Å². The van der Waals surface area contributed by atoms with E-state index in [9.17, 15) is 5.11 Å². The molecule has 1 unspecified atom stereocenters. The molecule has 1 aromatic carbocycles. The van der Waals surface area contributed by atoms with Crippen molar-refractivity contribution in [2.75, 3.05) is 14.2 Å². The summed E-state index contributed by atoms with van der Waals surface area (Å²) in [6, 6.07) is 5.70. The zero-order valence-electron chi connectivity index (χ0n) is 11.6. The van der Waals surface area contributed by atoms with E-state index in [0.29, 0.717) is 11.5 Å². The topological polar surface area (TPSA) is 38.7 Å². The molecule has 100 valence electrons. The second-order valence-corrected chi connectivity index (χ2v) is 5.67. The molecule has 18 heavy (non-hydrogen) atoms. The molecular formula is C15H22O3. The molecule has 0 radical (unpaired) electrons. The second-order valence-electron chi connectivity index (χ2n) is 5.67. The smallest absolute Gasteiger partial charge is 0.161 e. The minimum atomic E-state index is -0.771. The van der Waals surface area contributed by atoms with Crippen molar-refractivity contribution < 1.29 is 14.6 Å². The lowest BCUT2D eigenvalue weighted by molar-refractivity contribution is -0.0486. The third kappa shape index (κ3) is 1.87. The van der Waals surface area contributed by atoms with Crippen molar-refractivity contribution in [1.29, 1.82) is 0 Å². The van der Waals surface area contributed by atoms with E-state index in [-0.39, 0.29) is 5.41 Å². The van der Waals surface area contributed by atoms with Gasteiger partial charge in [0.15, 0.2) is 11.5 Å². The predicted octanol–water partition coefficient (Wildman–Crippen LogP) is 3.10. The van der Waals surface area contributed by atoms with Gasteiger partial charge in [0, 0.05) is 0 Å². The van der Waals surface area contributed by atoms with Gasteiger partial charge in [-0.2, -0.15) is 0 Å². The fourth-order valence-corrected chi connectivity index (χ4v) is 2.96. The van der Waals surface area contributed by atoms with Gasteiger partial charge in [0.25, 0.3) is 0 Å². The van der Waals surface area contributed by atoms with E-state index in [1.807, 2.05) is 18.2 Å². The number of hydrogen-bond acceptors (Lipinski definition) is 3. The maximum Gasteiger partial charge on any atom is 0.161 e. The highest BCUT2D eigenvalue weighted by atomic mass is 16.5. The van der Waals surface area contributed by atoms with Gasteiger partial charge in [-0.1, -0.05) is 19.9 Å². The van der Waals surface area contributed by atoms with Crippen LogP contribution in [0.4, 0.5) is 0 Å². The first-order valence-electron chi connectivity index (χ1n) is 6.39. The summed E-state index contributed by atoms with van der Waals surface area (Å²) in [5.41, 5.74) is 0.0433. The summed E-state index contributed by atoms with van der Waals surface area (Å²) in [4.78, 5) is 0. The molecule has 2 rings (SSSR count). The molecule has 1 N–H and O–H groups in total. The Kier molecular flexibility index (Phi) is 3.28. The van der Waals surface area contributed by atoms with Gasteiger partial charge in [-0.15, -0.1) is 0 Å². The number of rotatable bonds is 3. The summed E-state index contributed by atoms with van der Waals surface area (Å²) >= 11 is 0. The first-order chi connectivity index (χ1) is 8.44. The van der Waals surface area contributed by atoms with E-state index >= 15 is 0 Å². The van der Waals surface area contributed by atoms with Crippen molar-refractivity contribution in [3.63, 3.8) is 0 Å². The van der Waals surface area contributed by atoms with Crippen LogP contribution >= 0.6 is 0 Å². The average molecular weight is 250 g/mol. The third-order valence-corrected chi connectivity index (χ3v) is 4.32. The van der Waals surface area contributed by atoms with Crippen LogP contribution in [0.15, 0.2) is 18.2 Å². The van der Waals surface area contributed by atoms with Crippen LogP contribution in [0.2, 0.25) is 0 Å². The number of ether oxygens (including phenoxy) is 2. The van der Waals surface area contributed by atoms with E-state index in [1.54, 1.807) is 14.2 Å². The molecule has 0 aromatic heterocycles. The minimum absolute atomic E-state index is 0.105. The Balaban J connectivity index is 2.45. The molecule has 1 aromatic rings. The van der Waals surface area contributed by atoms with Gasteiger partial charge >= 0.3 is 0 Å². The Hall–Kier alpha value is -1.22. The Morgan fingerprint density at radius 3 is 2.22 bits per heavy atom. The van der Waals surface area contributed by atoms with Gasteiger partial charge < -0.3 is 14.6 Å². The number of aliphatic hydroxyl groups is 1. The normalized spacial score (nSPS) is 26.1. The summed E-state index contributed by atoms with van der Waals surface area (Å²) in [7, 11) is 3.23. The van der Waals surface area contributed by atoms with Crippen LogP contribution in [0.1, 0.15) is 38.7 Å². The highest BCUT2D eigenvalue weighted by Crippen LogP contribution is 2.53. The van der Waals surface area contributed by atoms with Crippen LogP contribution in [0.5, 0.6) is 11.5 Å². The fourth-order valence-electron chi connectivity index (χ4n) is 2.96. The lowest BCUT2D eigenvalue weighted by Crippen LogP contribution is -2.36. The van der Waals surface area contributed by atoms with Gasteiger partial charge in [0.05, 0.1) is 19.8 Å². The highest BCUT2D eigenvalue weighted by molar-refractivity contribution is 5.45. The quantitative estimate of drug-likeness (QED) is 0.896. The van der Waals surface area contributed by atoms with E-state index in [4.69, 9.17) is 9.47 Å². The maximum atomic E-state index is 11.0. The summed E-state index contributed by atoms with van der Waals surface area (Å²) in [5.74, 6) is 1.37. The third-order valence-electron chi connectivity index (χ3n) is 4.32. The SMILES string of the molecule is COc1ccc(C2(O)CCCC2(C)C)cc1OC. The molecular weight excluding hydrogens is 228 g/mol. The van der Waals surface area contributed by atoms with Gasteiger partial charge in [-0.25, -0.2) is 0 Å². The molecule has 0 heterocycles. The van der Waals surface area contributed by atoms with Crippen LogP contribution in [0.3, 0.4) is 0 Å². The molecule has 1 atom stereocenters. The van der Waals surface area contributed by atoms with Crippen molar-refractivity contribution in [2.24, 2.45) is 5.41 Å². The van der Waals surface area contributed by atoms with E-state index < -0.39 is 5.60 Å². The van der Waals surface area contributed by atoms with Crippen molar-refractivity contribution in [3.8, 4) is 11.5 Å². The first-order valence-corrected chi connectivity index (χ1v) is 6.39. The Labute approximate surface area is 109 Å². The Morgan fingerprint density at radius 2 is 1.72 bits per heavy atom. The molecule has 0 bridgehead atoms. The monoisotopic (exact) mass is 250 g/mol. The number of benzene rings is 1. The Bertz CT molecular complexity index is 439. The summed E-state index contributed by atoms with van der Waals surface area (Å²) < 4.78 is 10.5. The van der Waals surface area contributed by atoms with Crippen molar-refractivity contribution in [2.45, 2.75) is 38.7 Å². The lowest BCUT2D eigenvalue weighted by Gasteiger charge is -2.37. The zero-order chi connectivity index (χ0) is 13.4. The fraction of sp³-hybridized carbons (Fsp3) is 0.600. The largest absolute Gasteiger partial charge is 0.493 e. The maximum absolute atomic E-state index is 11.0. The molecule has 3 heteroatoms. The van der Waals surface area contributed by atoms with Crippen LogP contribution in [0.25, 0.3) is 0 Å². The molecule has 0 saturated heterocycles. The highest BCUT2D eigenvalue weighted by Gasteiger charge is 2.48. The summed E-state index contributed by atoms with van der Waals surface area (Å²) in [6.45, 7) is 4.24. The van der Waals surface area contributed by atoms with Gasteiger partial charge in [0.1, 0.15) is 0 Å². The minimum Gasteiger partial charge on any atom is -0.493 e. The average Bonchev–Trinajstić information content (AvgIpc) is 2.64.